The maximum atomic E-state index is 12.7. The molecule has 1 aliphatic rings. The van der Waals surface area contributed by atoms with Crippen LogP contribution in [0, 0.1) is 11.3 Å². The minimum absolute atomic E-state index is 0.0236. The van der Waals surface area contributed by atoms with Crippen molar-refractivity contribution < 1.29 is 27.8 Å². The lowest BCUT2D eigenvalue weighted by Crippen LogP contribution is -2.30. The van der Waals surface area contributed by atoms with E-state index < -0.39 is 23.3 Å². The summed E-state index contributed by atoms with van der Waals surface area (Å²) in [5, 5.41) is 17.4. The Morgan fingerprint density at radius 1 is 1.23 bits per heavy atom. The Hall–Kier alpha value is -3.17. The van der Waals surface area contributed by atoms with Gasteiger partial charge in [0.15, 0.2) is 5.82 Å². The van der Waals surface area contributed by atoms with Gasteiger partial charge in [-0.25, -0.2) is 4.98 Å². The van der Waals surface area contributed by atoms with E-state index in [2.05, 4.69) is 20.2 Å². The predicted molar refractivity (Wildman–Crippen MR) is 104 cm³/mol. The zero-order valence-electron chi connectivity index (χ0n) is 16.6. The molecule has 1 aromatic carbocycles. The molecule has 0 radical (unpaired) electrons. The summed E-state index contributed by atoms with van der Waals surface area (Å²) in [6.45, 7) is 5.08. The Balaban J connectivity index is 1.73. The summed E-state index contributed by atoms with van der Waals surface area (Å²) in [6.07, 6.45) is -3.37. The number of halogens is 3. The molecule has 0 spiro atoms. The molecule has 0 saturated carbocycles. The quantitative estimate of drug-likeness (QED) is 0.730. The number of carboxylic acid groups (broad SMARTS) is 1. The average Bonchev–Trinajstić information content (AvgIpc) is 3.17. The van der Waals surface area contributed by atoms with E-state index in [1.165, 1.54) is 0 Å². The van der Waals surface area contributed by atoms with Crippen molar-refractivity contribution in [3.05, 3.63) is 47.5 Å². The van der Waals surface area contributed by atoms with E-state index in [-0.39, 0.29) is 18.3 Å². The van der Waals surface area contributed by atoms with E-state index >= 15 is 0 Å². The number of nitrogens with one attached hydrogen (secondary N) is 1. The summed E-state index contributed by atoms with van der Waals surface area (Å²) in [4.78, 5) is 17.2. The molecule has 160 valence electrons. The first-order chi connectivity index (χ1) is 14.0. The molecule has 3 rings (SSSR count). The van der Waals surface area contributed by atoms with Crippen molar-refractivity contribution in [2.45, 2.75) is 33.4 Å². The lowest BCUT2D eigenvalue weighted by atomic mass is 9.92. The minimum atomic E-state index is -4.50. The summed E-state index contributed by atoms with van der Waals surface area (Å²) in [6, 6.07) is 6.99. The number of imidazole rings is 1. The molecular formula is C20H21F3N4O3. The third-order valence-electron chi connectivity index (χ3n) is 4.73. The van der Waals surface area contributed by atoms with Crippen molar-refractivity contribution in [2.75, 3.05) is 6.61 Å². The van der Waals surface area contributed by atoms with E-state index in [0.717, 1.165) is 11.8 Å². The molecule has 7 nitrogen and oxygen atoms in total. The van der Waals surface area contributed by atoms with E-state index in [1.807, 2.05) is 6.92 Å². The monoisotopic (exact) mass is 422 g/mol. The Labute approximate surface area is 170 Å². The van der Waals surface area contributed by atoms with Crippen LogP contribution in [0.1, 0.15) is 44.3 Å². The van der Waals surface area contributed by atoms with Crippen LogP contribution < -0.4 is 4.74 Å². The topological polar surface area (TPSA) is 99.9 Å². The van der Waals surface area contributed by atoms with E-state index in [9.17, 15) is 18.0 Å². The lowest BCUT2D eigenvalue weighted by Gasteiger charge is -2.20. The lowest BCUT2D eigenvalue weighted by molar-refractivity contribution is -0.148. The van der Waals surface area contributed by atoms with Gasteiger partial charge in [-0.1, -0.05) is 6.92 Å². The average molecular weight is 422 g/mol. The molecule has 0 amide bonds. The number of benzene rings is 1. The van der Waals surface area contributed by atoms with Gasteiger partial charge in [0.25, 0.3) is 0 Å². The number of aromatic amines is 1. The van der Waals surface area contributed by atoms with Gasteiger partial charge in [-0.05, 0) is 43.7 Å². The Kier molecular flexibility index (Phi) is 5.69. The molecule has 0 bridgehead atoms. The second-order valence-electron chi connectivity index (χ2n) is 7.78. The van der Waals surface area contributed by atoms with Gasteiger partial charge < -0.3 is 14.8 Å². The van der Waals surface area contributed by atoms with Crippen molar-refractivity contribution in [2.24, 2.45) is 21.5 Å². The fourth-order valence-electron chi connectivity index (χ4n) is 2.79. The summed E-state index contributed by atoms with van der Waals surface area (Å²) in [5.41, 5.74) is -0.0879. The molecule has 10 heteroatoms. The number of hydrogen-bond donors (Lipinski definition) is 2. The fourth-order valence-corrected chi connectivity index (χ4v) is 2.79. The van der Waals surface area contributed by atoms with Gasteiger partial charge >= 0.3 is 12.1 Å². The molecule has 2 N–H and O–H groups in total. The summed E-state index contributed by atoms with van der Waals surface area (Å²) >= 11 is 0. The zero-order valence-corrected chi connectivity index (χ0v) is 16.6. The standard InChI is InChI=1S/C20H21F3N4O3/c1-11-8-14(17-24-9-15(25-17)20(21,22)23)26-27-16(11)12-4-6-13(7-5-12)30-10-19(2,3)18(28)29/h4-7,9,11H,8,10H2,1-3H3,(H,24,25)(H,28,29). The van der Waals surface area contributed by atoms with Crippen molar-refractivity contribution in [3.63, 3.8) is 0 Å². The Morgan fingerprint density at radius 3 is 2.43 bits per heavy atom. The Bertz CT molecular complexity index is 991. The van der Waals surface area contributed by atoms with Gasteiger partial charge in [-0.2, -0.15) is 23.4 Å². The van der Waals surface area contributed by atoms with Crippen LogP contribution in [0.4, 0.5) is 13.2 Å². The van der Waals surface area contributed by atoms with E-state index in [1.54, 1.807) is 38.1 Å². The maximum Gasteiger partial charge on any atom is 0.432 e. The third-order valence-corrected chi connectivity index (χ3v) is 4.73. The van der Waals surface area contributed by atoms with Gasteiger partial charge in [-0.3, -0.25) is 4.79 Å². The number of aromatic nitrogens is 2. The van der Waals surface area contributed by atoms with Gasteiger partial charge in [0.2, 0.25) is 0 Å². The SMILES string of the molecule is CC1CC(c2ncc(C(F)(F)F)[nH]2)=NN=C1c1ccc(OCC(C)(C)C(=O)O)cc1. The number of nitrogens with zero attached hydrogens (tertiary/aromatic N) is 3. The molecule has 2 heterocycles. The number of carbonyl (C=O) groups is 1. The molecule has 0 fully saturated rings. The van der Waals surface area contributed by atoms with Crippen LogP contribution in [0.25, 0.3) is 0 Å². The highest BCUT2D eigenvalue weighted by molar-refractivity contribution is 6.09. The predicted octanol–water partition coefficient (Wildman–Crippen LogP) is 4.15. The number of alkyl halides is 3. The highest BCUT2D eigenvalue weighted by Crippen LogP contribution is 2.29. The van der Waals surface area contributed by atoms with Gasteiger partial charge in [-0.15, -0.1) is 0 Å². The molecular weight excluding hydrogens is 401 g/mol. The fraction of sp³-hybridized carbons (Fsp3) is 0.400. The highest BCUT2D eigenvalue weighted by Gasteiger charge is 2.34. The highest BCUT2D eigenvalue weighted by atomic mass is 19.4. The van der Waals surface area contributed by atoms with Crippen LogP contribution in [0.3, 0.4) is 0 Å². The number of aliphatic carboxylic acids is 1. The Morgan fingerprint density at radius 2 is 1.90 bits per heavy atom. The van der Waals surface area contributed by atoms with Crippen molar-refractivity contribution in [1.82, 2.24) is 9.97 Å². The summed E-state index contributed by atoms with van der Waals surface area (Å²) < 4.78 is 43.8. The summed E-state index contributed by atoms with van der Waals surface area (Å²) in [7, 11) is 0. The van der Waals surface area contributed by atoms with Crippen LogP contribution >= 0.6 is 0 Å². The zero-order chi connectivity index (χ0) is 22.1. The number of rotatable bonds is 6. The molecule has 2 aromatic rings. The minimum Gasteiger partial charge on any atom is -0.492 e. The second-order valence-corrected chi connectivity index (χ2v) is 7.78. The largest absolute Gasteiger partial charge is 0.492 e. The molecule has 1 aromatic heterocycles. The maximum absolute atomic E-state index is 12.7. The number of H-pyrrole nitrogens is 1. The van der Waals surface area contributed by atoms with Crippen molar-refractivity contribution >= 4 is 17.4 Å². The van der Waals surface area contributed by atoms with E-state index in [4.69, 9.17) is 9.84 Å². The van der Waals surface area contributed by atoms with Crippen molar-refractivity contribution in [1.29, 1.82) is 0 Å². The van der Waals surface area contributed by atoms with Crippen LogP contribution in [0.5, 0.6) is 5.75 Å². The van der Waals surface area contributed by atoms with Gasteiger partial charge in [0.05, 0.1) is 17.3 Å². The van der Waals surface area contributed by atoms with Crippen LogP contribution in [-0.4, -0.2) is 39.1 Å². The van der Waals surface area contributed by atoms with Gasteiger partial charge in [0.1, 0.15) is 23.8 Å². The molecule has 30 heavy (non-hydrogen) atoms. The number of ether oxygens (including phenoxy) is 1. The molecule has 0 saturated heterocycles. The third kappa shape index (κ3) is 4.69. The second kappa shape index (κ2) is 7.92. The molecule has 0 aliphatic carbocycles. The van der Waals surface area contributed by atoms with Gasteiger partial charge in [0, 0.05) is 12.3 Å². The first-order valence-electron chi connectivity index (χ1n) is 9.21. The van der Waals surface area contributed by atoms with Crippen LogP contribution in [0.2, 0.25) is 0 Å². The van der Waals surface area contributed by atoms with Crippen LogP contribution in [0.15, 0.2) is 40.7 Å². The first-order valence-corrected chi connectivity index (χ1v) is 9.21. The van der Waals surface area contributed by atoms with E-state index in [0.29, 0.717) is 23.6 Å². The number of carboxylic acids is 1. The van der Waals surface area contributed by atoms with Crippen LogP contribution in [-0.2, 0) is 11.0 Å². The molecule has 1 atom stereocenters. The molecule has 1 aliphatic heterocycles. The normalized spacial score (nSPS) is 17.3. The molecule has 1 unspecified atom stereocenters. The van der Waals surface area contributed by atoms with Crippen molar-refractivity contribution in [3.8, 4) is 5.75 Å². The number of hydrogen-bond acceptors (Lipinski definition) is 5. The first kappa shape index (κ1) is 21.5. The smallest absolute Gasteiger partial charge is 0.432 e. The summed E-state index contributed by atoms with van der Waals surface area (Å²) in [5.74, 6) is -0.454.